The van der Waals surface area contributed by atoms with Crippen molar-refractivity contribution >= 4 is 11.8 Å². The smallest absolute Gasteiger partial charge is 0.325 e. The first kappa shape index (κ1) is 23.9. The molecule has 2 unspecified atom stereocenters. The quantitative estimate of drug-likeness (QED) is 0.436. The second kappa shape index (κ2) is 10.5. The predicted octanol–water partition coefficient (Wildman–Crippen LogP) is 4.83. The van der Waals surface area contributed by atoms with Crippen molar-refractivity contribution in [2.24, 2.45) is 0 Å². The van der Waals surface area contributed by atoms with Crippen LogP contribution >= 0.6 is 0 Å². The lowest BCUT2D eigenvalue weighted by Crippen LogP contribution is -2.34. The number of anilines is 1. The molecule has 2 aromatic rings. The van der Waals surface area contributed by atoms with Crippen molar-refractivity contribution in [3.8, 4) is 0 Å². The van der Waals surface area contributed by atoms with Gasteiger partial charge in [-0.1, -0.05) is 12.1 Å². The molecule has 3 fully saturated rings. The summed E-state index contributed by atoms with van der Waals surface area (Å²) in [5.74, 6) is 1.32. The number of pyridine rings is 2. The molecule has 7 heteroatoms. The monoisotopic (exact) mass is 490 g/mol. The number of aryl methyl sites for hydroxylation is 2. The minimum atomic E-state index is -0.773. The van der Waals surface area contributed by atoms with Crippen LogP contribution in [0.2, 0.25) is 0 Å². The molecule has 0 spiro atoms. The third kappa shape index (κ3) is 5.42. The lowest BCUT2D eigenvalue weighted by atomic mass is 9.99. The number of carbonyl (C=O) groups is 1. The number of carboxylic acids is 1. The molecule has 0 aromatic carbocycles. The lowest BCUT2D eigenvalue weighted by Gasteiger charge is -2.26. The molecular formula is C29H38N4O3. The van der Waals surface area contributed by atoms with Crippen LogP contribution in [0.1, 0.15) is 97.5 Å². The van der Waals surface area contributed by atoms with Crippen LogP contribution < -0.4 is 5.32 Å². The van der Waals surface area contributed by atoms with Crippen LogP contribution in [-0.4, -0.2) is 58.3 Å². The summed E-state index contributed by atoms with van der Waals surface area (Å²) in [6.45, 7) is 3.15. The predicted molar refractivity (Wildman–Crippen MR) is 138 cm³/mol. The molecule has 2 aliphatic carbocycles. The highest BCUT2D eigenvalue weighted by atomic mass is 16.5. The Morgan fingerprint density at radius 2 is 1.94 bits per heavy atom. The van der Waals surface area contributed by atoms with Crippen LogP contribution in [0.3, 0.4) is 0 Å². The van der Waals surface area contributed by atoms with Crippen molar-refractivity contribution in [3.63, 3.8) is 0 Å². The van der Waals surface area contributed by atoms with Gasteiger partial charge in [0, 0.05) is 60.7 Å². The number of fused-ring (bicyclic) bond motifs is 1. The number of unbranched alkanes of at least 4 members (excludes halogenated alkanes) is 1. The highest BCUT2D eigenvalue weighted by Crippen LogP contribution is 2.46. The van der Waals surface area contributed by atoms with Crippen LogP contribution in [-0.2, 0) is 22.4 Å². The summed E-state index contributed by atoms with van der Waals surface area (Å²) in [6, 6.07) is 7.89. The van der Waals surface area contributed by atoms with E-state index in [4.69, 9.17) is 14.7 Å². The fourth-order valence-electron chi connectivity index (χ4n) is 5.80. The van der Waals surface area contributed by atoms with Crippen molar-refractivity contribution in [2.45, 2.75) is 88.2 Å². The van der Waals surface area contributed by atoms with Gasteiger partial charge >= 0.3 is 5.97 Å². The number of hydrogen-bond acceptors (Lipinski definition) is 6. The van der Waals surface area contributed by atoms with Crippen LogP contribution in [0.4, 0.5) is 5.82 Å². The van der Waals surface area contributed by atoms with Gasteiger partial charge in [-0.3, -0.25) is 14.7 Å². The number of carboxylic acid groups (broad SMARTS) is 1. The molecule has 1 saturated heterocycles. The maximum absolute atomic E-state index is 12.4. The summed E-state index contributed by atoms with van der Waals surface area (Å²) in [7, 11) is 0. The summed E-state index contributed by atoms with van der Waals surface area (Å²) in [6.07, 6.45) is 11.0. The number of aliphatic carboxylic acids is 1. The summed E-state index contributed by atoms with van der Waals surface area (Å²) in [5, 5.41) is 13.6. The topological polar surface area (TPSA) is 87.6 Å². The molecule has 192 valence electrons. The van der Waals surface area contributed by atoms with E-state index < -0.39 is 12.0 Å². The van der Waals surface area contributed by atoms with Gasteiger partial charge in [0.25, 0.3) is 0 Å². The molecule has 2 saturated carbocycles. The molecule has 2 atom stereocenters. The Morgan fingerprint density at radius 1 is 1.08 bits per heavy atom. The molecule has 2 N–H and O–H groups in total. The van der Waals surface area contributed by atoms with E-state index in [1.165, 1.54) is 24.8 Å². The van der Waals surface area contributed by atoms with E-state index in [-0.39, 0.29) is 6.10 Å². The molecule has 7 nitrogen and oxygen atoms in total. The SMILES string of the molecule is O=C(O)C(c1ccc(C2CC2)nc1C1CC1)N1CCC(OCCCCc2ccc3c(n2)NCCC3)C1. The Morgan fingerprint density at radius 3 is 2.75 bits per heavy atom. The Labute approximate surface area is 213 Å². The van der Waals surface area contributed by atoms with Crippen LogP contribution in [0.15, 0.2) is 24.3 Å². The minimum Gasteiger partial charge on any atom is -0.480 e. The average molecular weight is 491 g/mol. The molecule has 0 radical (unpaired) electrons. The zero-order valence-corrected chi connectivity index (χ0v) is 21.1. The van der Waals surface area contributed by atoms with Crippen molar-refractivity contribution in [1.82, 2.24) is 14.9 Å². The number of aromatic nitrogens is 2. The van der Waals surface area contributed by atoms with E-state index in [9.17, 15) is 9.90 Å². The highest BCUT2D eigenvalue weighted by Gasteiger charge is 2.39. The fraction of sp³-hybridized carbons (Fsp3) is 0.621. The van der Waals surface area contributed by atoms with Crippen molar-refractivity contribution in [1.29, 1.82) is 0 Å². The number of rotatable bonds is 11. The first-order valence-electron chi connectivity index (χ1n) is 14.0. The Hall–Kier alpha value is -2.51. The van der Waals surface area contributed by atoms with Gasteiger partial charge in [-0.25, -0.2) is 4.98 Å². The van der Waals surface area contributed by atoms with E-state index in [1.54, 1.807) is 0 Å². The molecule has 36 heavy (non-hydrogen) atoms. The van der Waals surface area contributed by atoms with Gasteiger partial charge in [-0.15, -0.1) is 0 Å². The van der Waals surface area contributed by atoms with Gasteiger partial charge in [-0.2, -0.15) is 0 Å². The van der Waals surface area contributed by atoms with Gasteiger partial charge in [0.15, 0.2) is 0 Å². The zero-order valence-electron chi connectivity index (χ0n) is 21.1. The summed E-state index contributed by atoms with van der Waals surface area (Å²) in [5.41, 5.74) is 5.59. The van der Waals surface area contributed by atoms with Crippen molar-refractivity contribution in [2.75, 3.05) is 31.6 Å². The molecular weight excluding hydrogens is 452 g/mol. The van der Waals surface area contributed by atoms with Gasteiger partial charge in [0.2, 0.25) is 0 Å². The molecule has 2 aliphatic heterocycles. The third-order valence-electron chi connectivity index (χ3n) is 8.14. The normalized spacial score (nSPS) is 22.7. The number of likely N-dealkylation sites (tertiary alicyclic amines) is 1. The van der Waals surface area contributed by atoms with Gasteiger partial charge < -0.3 is 15.2 Å². The summed E-state index contributed by atoms with van der Waals surface area (Å²) in [4.78, 5) is 24.3. The molecule has 4 heterocycles. The number of hydrogen-bond donors (Lipinski definition) is 2. The summed E-state index contributed by atoms with van der Waals surface area (Å²) >= 11 is 0. The van der Waals surface area contributed by atoms with Crippen LogP contribution in [0.25, 0.3) is 0 Å². The van der Waals surface area contributed by atoms with Gasteiger partial charge in [0.05, 0.1) is 6.10 Å². The number of nitrogens with one attached hydrogen (secondary N) is 1. The molecule has 2 aromatic heterocycles. The molecule has 6 rings (SSSR count). The molecule has 4 aliphatic rings. The largest absolute Gasteiger partial charge is 0.480 e. The van der Waals surface area contributed by atoms with E-state index in [1.807, 2.05) is 0 Å². The molecule has 0 bridgehead atoms. The number of nitrogens with zero attached hydrogens (tertiary/aromatic N) is 3. The van der Waals surface area contributed by atoms with Gasteiger partial charge in [-0.05, 0) is 81.9 Å². The van der Waals surface area contributed by atoms with E-state index in [0.717, 1.165) is 86.5 Å². The van der Waals surface area contributed by atoms with E-state index in [2.05, 4.69) is 34.5 Å². The first-order valence-corrected chi connectivity index (χ1v) is 14.0. The zero-order chi connectivity index (χ0) is 24.5. The Kier molecular flexibility index (Phi) is 6.94. The van der Waals surface area contributed by atoms with E-state index >= 15 is 0 Å². The van der Waals surface area contributed by atoms with Crippen LogP contribution in [0, 0.1) is 0 Å². The average Bonchev–Trinajstić information content (AvgIpc) is 3.82. The standard InChI is InChI=1S/C29H38N4O3/c34-29(35)27(24-12-13-25(19-6-7-19)32-26(24)20-8-9-20)33-16-14-23(18-33)36-17-2-1-5-22-11-10-21-4-3-15-30-28(21)31-22/h10-13,19-20,23,27H,1-9,14-18H2,(H,30,31)(H,34,35). The maximum Gasteiger partial charge on any atom is 0.325 e. The van der Waals surface area contributed by atoms with Crippen molar-refractivity contribution in [3.05, 3.63) is 52.5 Å². The Balaban J connectivity index is 1.00. The number of ether oxygens (including phenoxy) is 1. The highest BCUT2D eigenvalue weighted by molar-refractivity contribution is 5.76. The van der Waals surface area contributed by atoms with Gasteiger partial charge in [0.1, 0.15) is 11.9 Å². The lowest BCUT2D eigenvalue weighted by molar-refractivity contribution is -0.143. The Bertz CT molecular complexity index is 1100. The first-order chi connectivity index (χ1) is 17.7. The maximum atomic E-state index is 12.4. The summed E-state index contributed by atoms with van der Waals surface area (Å²) < 4.78 is 6.19. The second-order valence-corrected chi connectivity index (χ2v) is 11.1. The minimum absolute atomic E-state index is 0.0981. The van der Waals surface area contributed by atoms with Crippen LogP contribution in [0.5, 0.6) is 0 Å². The molecule has 0 amide bonds. The third-order valence-corrected chi connectivity index (χ3v) is 8.14. The fourth-order valence-corrected chi connectivity index (χ4v) is 5.80. The van der Waals surface area contributed by atoms with Crippen molar-refractivity contribution < 1.29 is 14.6 Å². The van der Waals surface area contributed by atoms with E-state index in [0.29, 0.717) is 25.0 Å². The second-order valence-electron chi connectivity index (χ2n) is 11.1.